The molecule has 0 aliphatic heterocycles. The predicted molar refractivity (Wildman–Crippen MR) is 141 cm³/mol. The second-order valence-electron chi connectivity index (χ2n) is 8.29. The SMILES string of the molecule is C=CCOC(=O)C1=C(C(=O)N(Cc2cncc(C(=O)OC)c2)c2cc(C(=O)OC)c(Cl)cc2Cl)CCCC1. The molecular formula is C27H26Cl2N2O7. The van der Waals surface area contributed by atoms with Crippen molar-refractivity contribution in [3.8, 4) is 0 Å². The molecule has 0 fully saturated rings. The molecule has 200 valence electrons. The Labute approximate surface area is 230 Å². The van der Waals surface area contributed by atoms with Crippen molar-refractivity contribution in [3.63, 3.8) is 0 Å². The summed E-state index contributed by atoms with van der Waals surface area (Å²) in [4.78, 5) is 56.6. The lowest BCUT2D eigenvalue weighted by molar-refractivity contribution is -0.138. The van der Waals surface area contributed by atoms with Crippen LogP contribution in [0.15, 0.2) is 54.4 Å². The van der Waals surface area contributed by atoms with Crippen molar-refractivity contribution in [2.75, 3.05) is 25.7 Å². The van der Waals surface area contributed by atoms with E-state index in [1.54, 1.807) is 0 Å². The topological polar surface area (TPSA) is 112 Å². The van der Waals surface area contributed by atoms with Crippen molar-refractivity contribution in [1.29, 1.82) is 0 Å². The number of aromatic nitrogens is 1. The first-order chi connectivity index (χ1) is 18.2. The highest BCUT2D eigenvalue weighted by molar-refractivity contribution is 6.38. The van der Waals surface area contributed by atoms with Crippen molar-refractivity contribution < 1.29 is 33.4 Å². The largest absolute Gasteiger partial charge is 0.465 e. The summed E-state index contributed by atoms with van der Waals surface area (Å²) < 4.78 is 14.8. The molecule has 0 N–H and O–H groups in total. The molecule has 0 atom stereocenters. The van der Waals surface area contributed by atoms with E-state index >= 15 is 0 Å². The van der Waals surface area contributed by atoms with Crippen molar-refractivity contribution in [3.05, 3.63) is 81.1 Å². The van der Waals surface area contributed by atoms with Gasteiger partial charge in [0.15, 0.2) is 0 Å². The Hall–Kier alpha value is -3.69. The average molecular weight is 561 g/mol. The molecule has 3 rings (SSSR count). The van der Waals surface area contributed by atoms with Gasteiger partial charge in [-0.2, -0.15) is 0 Å². The molecule has 11 heteroatoms. The maximum Gasteiger partial charge on any atom is 0.339 e. The van der Waals surface area contributed by atoms with Crippen LogP contribution in [0.3, 0.4) is 0 Å². The number of rotatable bonds is 9. The Morgan fingerprint density at radius 2 is 1.63 bits per heavy atom. The molecule has 1 aliphatic rings. The molecule has 1 aliphatic carbocycles. The fraction of sp³-hybridized carbons (Fsp3) is 0.296. The molecule has 1 aromatic heterocycles. The van der Waals surface area contributed by atoms with Crippen molar-refractivity contribution >= 4 is 52.7 Å². The van der Waals surface area contributed by atoms with Crippen LogP contribution < -0.4 is 4.90 Å². The van der Waals surface area contributed by atoms with Gasteiger partial charge in [0.05, 0.1) is 47.6 Å². The van der Waals surface area contributed by atoms with Crippen molar-refractivity contribution in [2.24, 2.45) is 0 Å². The maximum atomic E-state index is 14.1. The van der Waals surface area contributed by atoms with Crippen LogP contribution in [0.1, 0.15) is 52.0 Å². The molecule has 0 bridgehead atoms. The molecule has 2 aromatic rings. The minimum Gasteiger partial charge on any atom is -0.465 e. The van der Waals surface area contributed by atoms with Crippen LogP contribution in [-0.2, 0) is 30.3 Å². The molecule has 38 heavy (non-hydrogen) atoms. The third-order valence-corrected chi connectivity index (χ3v) is 6.45. The average Bonchev–Trinajstić information content (AvgIpc) is 2.93. The Morgan fingerprint density at radius 3 is 2.29 bits per heavy atom. The van der Waals surface area contributed by atoms with Gasteiger partial charge in [0.25, 0.3) is 5.91 Å². The fourth-order valence-corrected chi connectivity index (χ4v) is 4.58. The first-order valence-corrected chi connectivity index (χ1v) is 12.4. The van der Waals surface area contributed by atoms with E-state index in [9.17, 15) is 19.2 Å². The van der Waals surface area contributed by atoms with E-state index in [0.717, 1.165) is 0 Å². The number of hydrogen-bond donors (Lipinski definition) is 0. The highest BCUT2D eigenvalue weighted by atomic mass is 35.5. The molecule has 1 heterocycles. The number of amides is 1. The first-order valence-electron chi connectivity index (χ1n) is 11.6. The predicted octanol–water partition coefficient (Wildman–Crippen LogP) is 5.09. The van der Waals surface area contributed by atoms with Crippen LogP contribution in [0, 0.1) is 0 Å². The van der Waals surface area contributed by atoms with E-state index in [0.29, 0.717) is 31.2 Å². The molecule has 0 saturated heterocycles. The summed E-state index contributed by atoms with van der Waals surface area (Å²) in [5.41, 5.74) is 1.35. The van der Waals surface area contributed by atoms with E-state index in [1.807, 2.05) is 0 Å². The number of methoxy groups -OCH3 is 2. The quantitative estimate of drug-likeness (QED) is 0.236. The van der Waals surface area contributed by atoms with Crippen LogP contribution >= 0.6 is 23.2 Å². The summed E-state index contributed by atoms with van der Waals surface area (Å²) in [5.74, 6) is -2.43. The molecule has 1 aromatic carbocycles. The number of benzene rings is 1. The van der Waals surface area contributed by atoms with E-state index in [1.165, 1.54) is 55.8 Å². The normalized spacial score (nSPS) is 12.9. The zero-order valence-corrected chi connectivity index (χ0v) is 22.4. The molecule has 9 nitrogen and oxygen atoms in total. The van der Waals surface area contributed by atoms with E-state index in [-0.39, 0.29) is 51.2 Å². The molecule has 0 saturated carbocycles. The number of hydrogen-bond acceptors (Lipinski definition) is 8. The van der Waals surface area contributed by atoms with Crippen molar-refractivity contribution in [2.45, 2.75) is 32.2 Å². The lowest BCUT2D eigenvalue weighted by atomic mass is 9.90. The second kappa shape index (κ2) is 13.2. The minimum atomic E-state index is -0.722. The highest BCUT2D eigenvalue weighted by Gasteiger charge is 2.31. The summed E-state index contributed by atoms with van der Waals surface area (Å²) in [6.45, 7) is 3.45. The maximum absolute atomic E-state index is 14.1. The Bertz CT molecular complexity index is 1310. The number of esters is 3. The Balaban J connectivity index is 2.16. The Kier molecular flexibility index (Phi) is 10.0. The first kappa shape index (κ1) is 28.9. The second-order valence-corrected chi connectivity index (χ2v) is 9.11. The van der Waals surface area contributed by atoms with Gasteiger partial charge < -0.3 is 19.1 Å². The number of ether oxygens (including phenoxy) is 3. The van der Waals surface area contributed by atoms with E-state index in [2.05, 4.69) is 11.6 Å². The van der Waals surface area contributed by atoms with Gasteiger partial charge in [-0.05, 0) is 49.4 Å². The summed E-state index contributed by atoms with van der Waals surface area (Å²) in [6.07, 6.45) is 6.37. The number of nitrogens with zero attached hydrogens (tertiary/aromatic N) is 2. The van der Waals surface area contributed by atoms with Gasteiger partial charge >= 0.3 is 17.9 Å². The molecular weight excluding hydrogens is 535 g/mol. The molecule has 0 spiro atoms. The molecule has 0 unspecified atom stereocenters. The van der Waals surface area contributed by atoms with Gasteiger partial charge in [0.1, 0.15) is 6.61 Å². The van der Waals surface area contributed by atoms with E-state index in [4.69, 9.17) is 37.4 Å². The number of pyridine rings is 1. The summed E-state index contributed by atoms with van der Waals surface area (Å²) in [7, 11) is 2.45. The summed E-state index contributed by atoms with van der Waals surface area (Å²) >= 11 is 12.8. The van der Waals surface area contributed by atoms with E-state index < -0.39 is 23.8 Å². The molecule has 1 amide bonds. The summed E-state index contributed by atoms with van der Waals surface area (Å²) in [5, 5.41) is 0.123. The third-order valence-electron chi connectivity index (χ3n) is 5.84. The van der Waals surface area contributed by atoms with Gasteiger partial charge in [0, 0.05) is 23.5 Å². The van der Waals surface area contributed by atoms with Gasteiger partial charge in [0.2, 0.25) is 0 Å². The number of halogens is 2. The van der Waals surface area contributed by atoms with Gasteiger partial charge in [-0.15, -0.1) is 0 Å². The van der Waals surface area contributed by atoms with Crippen molar-refractivity contribution in [1.82, 2.24) is 4.98 Å². The number of anilines is 1. The van der Waals surface area contributed by atoms with Crippen LogP contribution in [0.2, 0.25) is 10.0 Å². The van der Waals surface area contributed by atoms with Gasteiger partial charge in [-0.3, -0.25) is 9.78 Å². The minimum absolute atomic E-state index is 0.00366. The van der Waals surface area contributed by atoms with Crippen LogP contribution in [0.4, 0.5) is 5.69 Å². The summed E-state index contributed by atoms with van der Waals surface area (Å²) in [6, 6.07) is 4.21. The third kappa shape index (κ3) is 6.59. The lowest BCUT2D eigenvalue weighted by Gasteiger charge is -2.28. The molecule has 0 radical (unpaired) electrons. The number of carbonyl (C=O) groups excluding carboxylic acids is 4. The zero-order chi connectivity index (χ0) is 27.8. The standard InChI is InChI=1S/C27H26Cl2N2O7/c1-4-9-38-27(35)19-8-6-5-7-18(19)24(32)31(15-16-10-17(14-30-13-16)25(33)36-2)23-11-20(26(34)37-3)21(28)12-22(23)29/h4,10-14H,1,5-9,15H2,2-3H3. The smallest absolute Gasteiger partial charge is 0.339 e. The Morgan fingerprint density at radius 1 is 0.947 bits per heavy atom. The van der Waals surface area contributed by atoms with Crippen LogP contribution in [0.5, 0.6) is 0 Å². The van der Waals surface area contributed by atoms with Gasteiger partial charge in [-0.25, -0.2) is 14.4 Å². The number of carbonyl (C=O) groups is 4. The van der Waals surface area contributed by atoms with Gasteiger partial charge in [-0.1, -0.05) is 35.9 Å². The zero-order valence-electron chi connectivity index (χ0n) is 20.9. The fourth-order valence-electron chi connectivity index (χ4n) is 4.01. The van der Waals surface area contributed by atoms with Crippen LogP contribution in [-0.4, -0.2) is 49.6 Å². The highest BCUT2D eigenvalue weighted by Crippen LogP contribution is 2.36. The monoisotopic (exact) mass is 560 g/mol. The van der Waals surface area contributed by atoms with Crippen LogP contribution in [0.25, 0.3) is 0 Å². The lowest BCUT2D eigenvalue weighted by Crippen LogP contribution is -2.34.